The van der Waals surface area contributed by atoms with Gasteiger partial charge in [-0.05, 0) is 81.5 Å². The van der Waals surface area contributed by atoms with Gasteiger partial charge in [0.25, 0.3) is 0 Å². The minimum atomic E-state index is -1.60. The highest BCUT2D eigenvalue weighted by Crippen LogP contribution is 2.25. The molecule has 0 aliphatic heterocycles. The number of phenolic OH excluding ortho intramolecular Hbond substituents is 1. The van der Waals surface area contributed by atoms with Crippen molar-refractivity contribution in [1.29, 1.82) is 0 Å². The van der Waals surface area contributed by atoms with Gasteiger partial charge in [0.2, 0.25) is 41.9 Å². The number of carbonyl (C=O) groups excluding carboxylic acids is 8. The van der Waals surface area contributed by atoms with Crippen LogP contribution in [-0.4, -0.2) is 147 Å². The van der Waals surface area contributed by atoms with Crippen LogP contribution in [0.4, 0.5) is 0 Å². The molecule has 3 aromatic carbocycles. The van der Waals surface area contributed by atoms with Gasteiger partial charge in [0.15, 0.2) is 0 Å². The number of nitrogens with one attached hydrogen (secondary N) is 9. The SMILES string of the molecule is C=C(NC(C=O)C(C)O)C(CSSCC(C)NC(=O)C(Cc1ccccc1)NC(=O)CC)NC(=O)C(NC(=O)C(CCCCN)NC(=O)C(Cc1c[nH]c2ccccc12)NC(=O)C(Cc1ccc(O)cc1)NC=O)C(C)O. The number of aromatic nitrogens is 1. The van der Waals surface area contributed by atoms with Crippen molar-refractivity contribution in [3.05, 3.63) is 114 Å². The third-order valence-electron chi connectivity index (χ3n) is 12.4. The lowest BCUT2D eigenvalue weighted by molar-refractivity contribution is -0.135. The zero-order chi connectivity index (χ0) is 56.4. The number of aliphatic hydroxyl groups excluding tert-OH is 2. The maximum absolute atomic E-state index is 14.5. The number of hydrogen-bond donors (Lipinski definition) is 13. The number of rotatable bonds is 35. The zero-order valence-electron chi connectivity index (χ0n) is 43.8. The Morgan fingerprint density at radius 3 is 1.88 bits per heavy atom. The Labute approximate surface area is 456 Å². The Morgan fingerprint density at radius 2 is 1.23 bits per heavy atom. The summed E-state index contributed by atoms with van der Waals surface area (Å²) in [5.41, 5.74) is 8.84. The van der Waals surface area contributed by atoms with Crippen LogP contribution in [0.2, 0.25) is 0 Å². The second-order valence-corrected chi connectivity index (χ2v) is 21.2. The van der Waals surface area contributed by atoms with Crippen LogP contribution in [0.3, 0.4) is 0 Å². The van der Waals surface area contributed by atoms with Gasteiger partial charge in [-0.3, -0.25) is 33.6 Å². The van der Waals surface area contributed by atoms with Gasteiger partial charge in [-0.2, -0.15) is 0 Å². The molecule has 0 bridgehead atoms. The number of aromatic amines is 1. The maximum atomic E-state index is 14.5. The molecule has 0 spiro atoms. The number of aromatic hydroxyl groups is 1. The van der Waals surface area contributed by atoms with Crippen LogP contribution >= 0.6 is 21.6 Å². The average molecular weight is 1100 g/mol. The average Bonchev–Trinajstić information content (AvgIpc) is 3.82. The van der Waals surface area contributed by atoms with E-state index in [1.54, 1.807) is 32.2 Å². The van der Waals surface area contributed by atoms with E-state index < -0.39 is 78.1 Å². The Morgan fingerprint density at radius 1 is 0.649 bits per heavy atom. The summed E-state index contributed by atoms with van der Waals surface area (Å²) in [5, 5.41) is 53.8. The third-order valence-corrected chi connectivity index (χ3v) is 15.0. The van der Waals surface area contributed by atoms with Crippen molar-refractivity contribution in [2.75, 3.05) is 18.1 Å². The number of hydrogen-bond acceptors (Lipinski definition) is 15. The molecule has 0 aliphatic rings. The highest BCUT2D eigenvalue weighted by Gasteiger charge is 2.34. The molecule has 0 saturated heterocycles. The largest absolute Gasteiger partial charge is 0.508 e. The first-order valence-electron chi connectivity index (χ1n) is 25.5. The van der Waals surface area contributed by atoms with Crippen LogP contribution in [-0.2, 0) is 57.6 Å². The summed E-state index contributed by atoms with van der Waals surface area (Å²) in [6.07, 6.45) is 1.21. The molecule has 7 amide bonds. The van der Waals surface area contributed by atoms with E-state index in [-0.39, 0.29) is 73.7 Å². The number of amides is 7. The number of H-pyrrole nitrogens is 1. The van der Waals surface area contributed by atoms with Gasteiger partial charge in [0, 0.05) is 66.0 Å². The van der Waals surface area contributed by atoms with Crippen molar-refractivity contribution >= 4 is 80.6 Å². The van der Waals surface area contributed by atoms with E-state index in [1.165, 1.54) is 47.6 Å². The van der Waals surface area contributed by atoms with Gasteiger partial charge < -0.3 is 73.4 Å². The van der Waals surface area contributed by atoms with Crippen LogP contribution in [0.25, 0.3) is 10.9 Å². The molecule has 23 heteroatoms. The first kappa shape index (κ1) is 62.6. The predicted octanol–water partition coefficient (Wildman–Crippen LogP) is 1.30. The standard InChI is InChI=1S/C54H74N10O11S2/c1-6-48(70)60-44(25-36-14-8-7-9-15-36)52(73)58-32(2)29-76-77-30-47(33(3)59-46(28-65)34(4)67)63-54(75)49(35(5)68)64-50(71)42(18-12-13-23-55)61-53(74)45(26-38-27-56-41-17-11-10-16-40(38)41)62-51(72)43(57-31-66)24-37-19-21-39(69)22-20-37/h7-11,14-17,19-22,27-28,31-32,34-35,42-47,49,56,59,67-69H,3,6,12-13,18,23-26,29-30,55H2,1-2,4-5H3,(H,57,66)(H,58,73)(H,60,70)(H,61,74)(H,62,72)(H,63,75)(H,64,71). The molecule has 4 aromatic rings. The van der Waals surface area contributed by atoms with Crippen molar-refractivity contribution in [2.24, 2.45) is 5.73 Å². The van der Waals surface area contributed by atoms with Crippen LogP contribution < -0.4 is 48.3 Å². The number of carbonyl (C=O) groups is 8. The van der Waals surface area contributed by atoms with Gasteiger partial charge in [0.05, 0.1) is 18.2 Å². The van der Waals surface area contributed by atoms with Crippen LogP contribution in [0, 0.1) is 0 Å². The molecular weight excluding hydrogens is 1030 g/mol. The van der Waals surface area contributed by atoms with Crippen molar-refractivity contribution in [3.8, 4) is 5.75 Å². The van der Waals surface area contributed by atoms with E-state index in [0.717, 1.165) is 16.5 Å². The van der Waals surface area contributed by atoms with Crippen molar-refractivity contribution in [2.45, 2.75) is 133 Å². The highest BCUT2D eigenvalue weighted by atomic mass is 33.1. The summed E-state index contributed by atoms with van der Waals surface area (Å²) in [6.45, 7) is 10.5. The van der Waals surface area contributed by atoms with E-state index in [1.807, 2.05) is 54.6 Å². The van der Waals surface area contributed by atoms with E-state index in [9.17, 15) is 53.7 Å². The monoisotopic (exact) mass is 1100 g/mol. The fourth-order valence-electron chi connectivity index (χ4n) is 7.95. The molecule has 4 rings (SSSR count). The normalized spacial score (nSPS) is 15.1. The topological polar surface area (TPSA) is 335 Å². The summed E-state index contributed by atoms with van der Waals surface area (Å²) < 4.78 is 0. The van der Waals surface area contributed by atoms with Gasteiger partial charge >= 0.3 is 0 Å². The Kier molecular flexibility index (Phi) is 26.5. The number of aliphatic hydroxyl groups is 2. The number of fused-ring (bicyclic) bond motifs is 1. The second kappa shape index (κ2) is 32.6. The van der Waals surface area contributed by atoms with Crippen LogP contribution in [0.15, 0.2) is 97.3 Å². The number of unbranched alkanes of at least 4 members (excludes halogenated alkanes) is 1. The summed E-state index contributed by atoms with van der Waals surface area (Å²) in [5.74, 6) is -3.31. The molecule has 21 nitrogen and oxygen atoms in total. The molecule has 14 N–H and O–H groups in total. The number of benzene rings is 3. The molecule has 1 heterocycles. The number of nitrogens with two attached hydrogens (primary N) is 1. The van der Waals surface area contributed by atoms with E-state index in [0.29, 0.717) is 42.4 Å². The molecule has 0 fully saturated rings. The van der Waals surface area contributed by atoms with Crippen LogP contribution in [0.1, 0.15) is 70.1 Å². The second-order valence-electron chi connectivity index (χ2n) is 18.7. The lowest BCUT2D eigenvalue weighted by atomic mass is 10.0. The molecular formula is C54H74N10O11S2. The van der Waals surface area contributed by atoms with Crippen LogP contribution in [0.5, 0.6) is 5.75 Å². The van der Waals surface area contributed by atoms with E-state index in [4.69, 9.17) is 5.73 Å². The quantitative estimate of drug-likeness (QED) is 0.0176. The minimum Gasteiger partial charge on any atom is -0.508 e. The van der Waals surface area contributed by atoms with Crippen molar-refractivity contribution in [1.82, 2.24) is 47.5 Å². The van der Waals surface area contributed by atoms with Crippen molar-refractivity contribution in [3.63, 3.8) is 0 Å². The predicted molar refractivity (Wildman–Crippen MR) is 298 cm³/mol. The molecule has 10 unspecified atom stereocenters. The number of aldehydes is 1. The van der Waals surface area contributed by atoms with Gasteiger partial charge in [-0.25, -0.2) is 0 Å². The fraction of sp³-hybridized carbons (Fsp3) is 0.444. The first-order chi connectivity index (χ1) is 36.9. The molecule has 0 aliphatic carbocycles. The molecule has 1 aromatic heterocycles. The third kappa shape index (κ3) is 20.9. The number of phenols is 1. The summed E-state index contributed by atoms with van der Waals surface area (Å²) in [6, 6.07) is 14.0. The lowest BCUT2D eigenvalue weighted by Crippen LogP contribution is -2.61. The van der Waals surface area contributed by atoms with E-state index in [2.05, 4.69) is 54.1 Å². The summed E-state index contributed by atoms with van der Waals surface area (Å²) in [7, 11) is 2.63. The molecule has 0 saturated carbocycles. The summed E-state index contributed by atoms with van der Waals surface area (Å²) >= 11 is 0. The van der Waals surface area contributed by atoms with Gasteiger partial charge in [-0.15, -0.1) is 0 Å². The first-order valence-corrected chi connectivity index (χ1v) is 27.9. The van der Waals surface area contributed by atoms with Gasteiger partial charge in [0.1, 0.15) is 48.3 Å². The van der Waals surface area contributed by atoms with E-state index >= 15 is 0 Å². The summed E-state index contributed by atoms with van der Waals surface area (Å²) in [4.78, 5) is 109. The molecule has 0 radical (unpaired) electrons. The highest BCUT2D eigenvalue weighted by molar-refractivity contribution is 8.76. The molecule has 10 atom stereocenters. The zero-order valence-corrected chi connectivity index (χ0v) is 45.4. The Balaban J connectivity index is 1.51. The molecule has 77 heavy (non-hydrogen) atoms. The number of para-hydroxylation sites is 1. The fourth-order valence-corrected chi connectivity index (χ4v) is 10.5. The smallest absolute Gasteiger partial charge is 0.245 e. The molecule has 418 valence electrons. The van der Waals surface area contributed by atoms with Crippen molar-refractivity contribution < 1.29 is 53.7 Å². The lowest BCUT2D eigenvalue weighted by Gasteiger charge is -2.29. The Hall–Kier alpha value is -6.92. The van der Waals surface area contributed by atoms with Gasteiger partial charge in [-0.1, -0.05) is 95.8 Å². The maximum Gasteiger partial charge on any atom is 0.245 e. The minimum absolute atomic E-state index is 0.00550. The Bertz CT molecular complexity index is 2570.